The second-order valence-corrected chi connectivity index (χ2v) is 9.96. The number of benzene rings is 1. The molecule has 0 spiro atoms. The van der Waals surface area contributed by atoms with Crippen LogP contribution in [-0.2, 0) is 23.4 Å². The molecule has 13 nitrogen and oxygen atoms in total. The number of nitrogens with one attached hydrogen (secondary N) is 2. The standard InChI is InChI=1S/C22H27N4O9P/c1-13(2)33-21(29)14(3)25-36(31,35-15-7-5-4-6-8-15)32-12-17-19(28)16(11-23)20(34-17)26-10-9-18(27)24-22(26)30/h4-10,13-14,16-17,19-20,28H,12H2,1-3H3,(H,25,31)(H,24,27,30)/t14-,16+,17+,19-,20+,36-/m0/s1. The van der Waals surface area contributed by atoms with Crippen molar-refractivity contribution in [2.75, 3.05) is 6.61 Å². The molecule has 1 aliphatic heterocycles. The lowest BCUT2D eigenvalue weighted by Gasteiger charge is -2.25. The van der Waals surface area contributed by atoms with E-state index in [9.17, 15) is 29.3 Å². The van der Waals surface area contributed by atoms with Crippen LogP contribution in [-0.4, -0.2) is 51.6 Å². The number of rotatable bonds is 10. The Bertz CT molecular complexity index is 1260. The summed E-state index contributed by atoms with van der Waals surface area (Å²) < 4.78 is 36.4. The molecule has 1 aliphatic rings. The predicted molar refractivity (Wildman–Crippen MR) is 125 cm³/mol. The van der Waals surface area contributed by atoms with E-state index in [-0.39, 0.29) is 5.75 Å². The number of H-pyrrole nitrogens is 1. The second-order valence-electron chi connectivity index (χ2n) is 8.26. The smallest absolute Gasteiger partial charge is 0.459 e. The quantitative estimate of drug-likeness (QED) is 0.300. The average molecular weight is 522 g/mol. The Morgan fingerprint density at radius 1 is 1.28 bits per heavy atom. The molecule has 2 heterocycles. The lowest BCUT2D eigenvalue weighted by atomic mass is 10.0. The van der Waals surface area contributed by atoms with Crippen LogP contribution in [0.3, 0.4) is 0 Å². The number of carbonyl (C=O) groups is 1. The summed E-state index contributed by atoms with van der Waals surface area (Å²) in [5.74, 6) is -1.72. The zero-order chi connectivity index (χ0) is 26.5. The first-order valence-corrected chi connectivity index (χ1v) is 12.6. The first-order valence-electron chi connectivity index (χ1n) is 11.0. The normalized spacial score (nSPS) is 24.0. The molecule has 0 radical (unpaired) electrons. The van der Waals surface area contributed by atoms with E-state index in [0.717, 1.165) is 16.8 Å². The summed E-state index contributed by atoms with van der Waals surface area (Å²) >= 11 is 0. The van der Waals surface area contributed by atoms with Crippen LogP contribution >= 0.6 is 7.75 Å². The van der Waals surface area contributed by atoms with Gasteiger partial charge in [0, 0.05) is 12.3 Å². The molecule has 1 aromatic carbocycles. The van der Waals surface area contributed by atoms with Gasteiger partial charge in [-0.15, -0.1) is 0 Å². The Morgan fingerprint density at radius 3 is 2.58 bits per heavy atom. The molecule has 3 rings (SSSR count). The van der Waals surface area contributed by atoms with Crippen molar-refractivity contribution in [2.24, 2.45) is 5.92 Å². The van der Waals surface area contributed by atoms with Gasteiger partial charge in [-0.25, -0.2) is 9.36 Å². The molecule has 3 N–H and O–H groups in total. The van der Waals surface area contributed by atoms with Crippen molar-refractivity contribution in [2.45, 2.75) is 51.4 Å². The van der Waals surface area contributed by atoms with Crippen molar-refractivity contribution >= 4 is 13.7 Å². The fraction of sp³-hybridized carbons (Fsp3) is 0.455. The van der Waals surface area contributed by atoms with Crippen molar-refractivity contribution in [3.63, 3.8) is 0 Å². The summed E-state index contributed by atoms with van der Waals surface area (Å²) in [7, 11) is -4.25. The van der Waals surface area contributed by atoms with Gasteiger partial charge < -0.3 is 19.1 Å². The third kappa shape index (κ3) is 6.69. The van der Waals surface area contributed by atoms with Crippen LogP contribution in [0.5, 0.6) is 5.75 Å². The van der Waals surface area contributed by atoms with Crippen LogP contribution in [0, 0.1) is 17.2 Å². The molecule has 1 fully saturated rings. The Balaban J connectivity index is 1.79. The number of nitriles is 1. The monoisotopic (exact) mass is 522 g/mol. The number of nitrogens with zero attached hydrogens (tertiary/aromatic N) is 2. The predicted octanol–water partition coefficient (Wildman–Crippen LogP) is 1.07. The van der Waals surface area contributed by atoms with Gasteiger partial charge in [-0.2, -0.15) is 10.3 Å². The number of aromatic amines is 1. The minimum absolute atomic E-state index is 0.179. The molecule has 1 aromatic heterocycles. The van der Waals surface area contributed by atoms with E-state index in [0.29, 0.717) is 0 Å². The van der Waals surface area contributed by atoms with Gasteiger partial charge in [0.15, 0.2) is 6.23 Å². The topological polar surface area (TPSA) is 182 Å². The van der Waals surface area contributed by atoms with Crippen molar-refractivity contribution in [1.82, 2.24) is 14.6 Å². The lowest BCUT2D eigenvalue weighted by Crippen LogP contribution is -2.37. The third-order valence-corrected chi connectivity index (χ3v) is 6.72. The first-order chi connectivity index (χ1) is 17.0. The van der Waals surface area contributed by atoms with E-state index >= 15 is 0 Å². The molecule has 0 bridgehead atoms. The third-order valence-electron chi connectivity index (χ3n) is 5.08. The van der Waals surface area contributed by atoms with E-state index in [4.69, 9.17) is 18.5 Å². The van der Waals surface area contributed by atoms with Crippen LogP contribution < -0.4 is 20.9 Å². The van der Waals surface area contributed by atoms with Gasteiger partial charge in [-0.3, -0.25) is 23.7 Å². The molecule has 0 aliphatic carbocycles. The molecule has 0 amide bonds. The highest BCUT2D eigenvalue weighted by molar-refractivity contribution is 7.52. The van der Waals surface area contributed by atoms with E-state index in [2.05, 4.69) is 10.1 Å². The number of ether oxygens (including phenoxy) is 2. The van der Waals surface area contributed by atoms with Gasteiger partial charge in [-0.05, 0) is 32.9 Å². The number of aliphatic hydroxyl groups excluding tert-OH is 1. The van der Waals surface area contributed by atoms with E-state index < -0.39 is 68.1 Å². The zero-order valence-electron chi connectivity index (χ0n) is 19.8. The fourth-order valence-corrected chi connectivity index (χ4v) is 4.90. The average Bonchev–Trinajstić information content (AvgIpc) is 3.12. The summed E-state index contributed by atoms with van der Waals surface area (Å²) in [4.78, 5) is 37.8. The molecule has 36 heavy (non-hydrogen) atoms. The van der Waals surface area contributed by atoms with Gasteiger partial charge in [0.2, 0.25) is 0 Å². The number of hydrogen-bond donors (Lipinski definition) is 3. The molecular formula is C22H27N4O9P. The van der Waals surface area contributed by atoms with Crippen LogP contribution in [0.2, 0.25) is 0 Å². The SMILES string of the molecule is CC(C)OC(=O)[C@H](C)N[P@](=O)(OC[C@H]1O[C@@H](n2ccc(=O)[nH]c2=O)[C@H](C#N)[C@@H]1O)Oc1ccccc1. The summed E-state index contributed by atoms with van der Waals surface area (Å²) in [6.45, 7) is 4.21. The van der Waals surface area contributed by atoms with Crippen molar-refractivity contribution in [1.29, 1.82) is 5.26 Å². The first kappa shape index (κ1) is 27.3. The number of aromatic nitrogens is 2. The van der Waals surface area contributed by atoms with Crippen molar-refractivity contribution in [3.8, 4) is 11.8 Å². The van der Waals surface area contributed by atoms with Gasteiger partial charge >= 0.3 is 19.4 Å². The summed E-state index contributed by atoms with van der Waals surface area (Å²) in [5, 5.41) is 22.7. The molecule has 0 saturated carbocycles. The van der Waals surface area contributed by atoms with Crippen LogP contribution in [0.4, 0.5) is 0 Å². The van der Waals surface area contributed by atoms with Crippen LogP contribution in [0.1, 0.15) is 27.0 Å². The zero-order valence-corrected chi connectivity index (χ0v) is 20.7. The number of aliphatic hydroxyl groups is 1. The van der Waals surface area contributed by atoms with Crippen molar-refractivity contribution < 1.29 is 33.0 Å². The van der Waals surface area contributed by atoms with Crippen LogP contribution in [0.25, 0.3) is 0 Å². The summed E-state index contributed by atoms with van der Waals surface area (Å²) in [6.07, 6.45) is -3.15. The van der Waals surface area contributed by atoms with E-state index in [1.54, 1.807) is 32.0 Å². The molecule has 194 valence electrons. The maximum Gasteiger partial charge on any atom is 0.459 e. The van der Waals surface area contributed by atoms with E-state index in [1.165, 1.54) is 19.1 Å². The van der Waals surface area contributed by atoms with Crippen molar-refractivity contribution in [3.05, 3.63) is 63.4 Å². The maximum absolute atomic E-state index is 13.6. The molecule has 1 saturated heterocycles. The fourth-order valence-electron chi connectivity index (χ4n) is 3.39. The molecule has 6 atom stereocenters. The Kier molecular flexibility index (Phi) is 8.84. The summed E-state index contributed by atoms with van der Waals surface area (Å²) in [6, 6.07) is 9.92. The largest absolute Gasteiger partial charge is 0.462 e. The molecule has 14 heteroatoms. The molecular weight excluding hydrogens is 495 g/mol. The van der Waals surface area contributed by atoms with Gasteiger partial charge in [0.05, 0.1) is 18.8 Å². The van der Waals surface area contributed by atoms with Gasteiger partial charge in [-0.1, -0.05) is 18.2 Å². The number of esters is 1. The highest BCUT2D eigenvalue weighted by Gasteiger charge is 2.47. The van der Waals surface area contributed by atoms with Gasteiger partial charge in [0.25, 0.3) is 5.56 Å². The highest BCUT2D eigenvalue weighted by atomic mass is 31.2. The molecule has 2 aromatic rings. The Morgan fingerprint density at radius 2 is 1.97 bits per heavy atom. The number of para-hydroxylation sites is 1. The van der Waals surface area contributed by atoms with Gasteiger partial charge in [0.1, 0.15) is 29.9 Å². The maximum atomic E-state index is 13.6. The van der Waals surface area contributed by atoms with E-state index in [1.807, 2.05) is 6.07 Å². The van der Waals surface area contributed by atoms with Crippen LogP contribution in [0.15, 0.2) is 52.2 Å². The number of carbonyl (C=O) groups excluding carboxylic acids is 1. The minimum Gasteiger partial charge on any atom is -0.462 e. The minimum atomic E-state index is -4.25. The lowest BCUT2D eigenvalue weighted by molar-refractivity contribution is -0.149. The summed E-state index contributed by atoms with van der Waals surface area (Å²) in [5.41, 5.74) is -1.47. The number of hydrogen-bond acceptors (Lipinski definition) is 10. The Labute approximate surface area is 206 Å². The second kappa shape index (κ2) is 11.6. The Hall–Kier alpha value is -3.27. The molecule has 0 unspecified atom stereocenters. The highest BCUT2D eigenvalue weighted by Crippen LogP contribution is 2.46.